The molecule has 0 aliphatic carbocycles. The van der Waals surface area contributed by atoms with Gasteiger partial charge in [0, 0.05) is 0 Å². The number of aliphatic hydroxyl groups excluding tert-OH is 4. The summed E-state index contributed by atoms with van der Waals surface area (Å²) < 4.78 is 0. The molecule has 0 saturated carbocycles. The molecular formula is C6H14O5. The predicted octanol–water partition coefficient (Wildman–Crippen LogP) is -2.10. The molecule has 3 atom stereocenters. The highest BCUT2D eigenvalue weighted by atomic mass is 16.4. The van der Waals surface area contributed by atoms with E-state index < -0.39 is 24.9 Å². The van der Waals surface area contributed by atoms with E-state index in [9.17, 15) is 4.79 Å². The number of hydrogen-bond donors (Lipinski definition) is 4. The third kappa shape index (κ3) is 4.05. The van der Waals surface area contributed by atoms with Crippen molar-refractivity contribution in [3.63, 3.8) is 0 Å². The molecule has 68 valence electrons. The van der Waals surface area contributed by atoms with Gasteiger partial charge in [0.1, 0.15) is 18.3 Å². The van der Waals surface area contributed by atoms with E-state index in [1.807, 2.05) is 0 Å². The zero-order chi connectivity index (χ0) is 8.15. The molecule has 0 amide bonds. The smallest absolute Gasteiger partial charge is 0.151 e. The van der Waals surface area contributed by atoms with Gasteiger partial charge in [0.25, 0.3) is 0 Å². The zero-order valence-electron chi connectivity index (χ0n) is 5.21. The predicted molar refractivity (Wildman–Crippen MR) is 37.9 cm³/mol. The molecule has 0 aliphatic rings. The van der Waals surface area contributed by atoms with Crippen LogP contribution in [0.25, 0.3) is 0 Å². The van der Waals surface area contributed by atoms with Crippen molar-refractivity contribution in [2.75, 3.05) is 6.61 Å². The van der Waals surface area contributed by atoms with Crippen molar-refractivity contribution < 1.29 is 25.2 Å². The molecule has 5 heteroatoms. The second-order valence-corrected chi connectivity index (χ2v) is 1.87. The van der Waals surface area contributed by atoms with Gasteiger partial charge in [-0.2, -0.15) is 0 Å². The molecule has 0 aliphatic heterocycles. The van der Waals surface area contributed by atoms with Crippen LogP contribution in [0.1, 0.15) is 7.43 Å². The van der Waals surface area contributed by atoms with Crippen molar-refractivity contribution in [1.82, 2.24) is 0 Å². The SMILES string of the molecule is C.O=C[C@H](O)[C@H](O)[C@H](O)CO. The lowest BCUT2D eigenvalue weighted by atomic mass is 10.1. The first-order chi connectivity index (χ1) is 4.63. The van der Waals surface area contributed by atoms with Gasteiger partial charge in [-0.15, -0.1) is 0 Å². The first-order valence-electron chi connectivity index (χ1n) is 2.73. The summed E-state index contributed by atoms with van der Waals surface area (Å²) in [7, 11) is 0. The summed E-state index contributed by atoms with van der Waals surface area (Å²) in [5.41, 5.74) is 0. The van der Waals surface area contributed by atoms with Crippen LogP contribution in [0.5, 0.6) is 0 Å². The maximum atomic E-state index is 9.76. The van der Waals surface area contributed by atoms with Crippen molar-refractivity contribution in [3.05, 3.63) is 0 Å². The fraction of sp³-hybridized carbons (Fsp3) is 0.833. The second-order valence-electron chi connectivity index (χ2n) is 1.87. The summed E-state index contributed by atoms with van der Waals surface area (Å²) in [5, 5.41) is 34.1. The Bertz CT molecular complexity index is 105. The summed E-state index contributed by atoms with van der Waals surface area (Å²) >= 11 is 0. The van der Waals surface area contributed by atoms with Crippen molar-refractivity contribution >= 4 is 6.29 Å². The third-order valence-corrected chi connectivity index (χ3v) is 1.07. The Labute approximate surface area is 64.9 Å². The Morgan fingerprint density at radius 1 is 1.27 bits per heavy atom. The summed E-state index contributed by atoms with van der Waals surface area (Å²) in [6, 6.07) is 0. The van der Waals surface area contributed by atoms with Crippen molar-refractivity contribution in [1.29, 1.82) is 0 Å². The van der Waals surface area contributed by atoms with Gasteiger partial charge in [-0.05, 0) is 0 Å². The average molecular weight is 166 g/mol. The monoisotopic (exact) mass is 166 g/mol. The Morgan fingerprint density at radius 3 is 2.00 bits per heavy atom. The van der Waals surface area contributed by atoms with Crippen LogP contribution in [0.3, 0.4) is 0 Å². The van der Waals surface area contributed by atoms with Crippen LogP contribution in [0, 0.1) is 0 Å². The molecule has 0 spiro atoms. The molecule has 0 radical (unpaired) electrons. The molecule has 4 N–H and O–H groups in total. The lowest BCUT2D eigenvalue weighted by Crippen LogP contribution is -2.40. The summed E-state index contributed by atoms with van der Waals surface area (Å²) in [4.78, 5) is 9.76. The van der Waals surface area contributed by atoms with E-state index in [4.69, 9.17) is 20.4 Å². The highest BCUT2D eigenvalue weighted by Gasteiger charge is 2.22. The maximum absolute atomic E-state index is 9.76. The summed E-state index contributed by atoms with van der Waals surface area (Å²) in [6.45, 7) is -0.688. The van der Waals surface area contributed by atoms with Crippen LogP contribution in [-0.4, -0.2) is 51.6 Å². The molecular weight excluding hydrogens is 152 g/mol. The lowest BCUT2D eigenvalue weighted by Gasteiger charge is -2.16. The van der Waals surface area contributed by atoms with Crippen molar-refractivity contribution in [2.24, 2.45) is 0 Å². The summed E-state index contributed by atoms with van der Waals surface area (Å²) in [5.74, 6) is 0. The van der Waals surface area contributed by atoms with Gasteiger partial charge < -0.3 is 25.2 Å². The van der Waals surface area contributed by atoms with Crippen LogP contribution in [0.4, 0.5) is 0 Å². The quantitative estimate of drug-likeness (QED) is 0.358. The fourth-order valence-electron chi connectivity index (χ4n) is 0.416. The van der Waals surface area contributed by atoms with E-state index >= 15 is 0 Å². The molecule has 0 saturated heterocycles. The normalized spacial score (nSPS) is 17.8. The third-order valence-electron chi connectivity index (χ3n) is 1.07. The second kappa shape index (κ2) is 6.23. The standard InChI is InChI=1S/C5H10O5.CH4/c6-1-3(8)5(10)4(9)2-7;/h1,3-5,7-10H,2H2;1H4/t3-,4+,5-;/m0./s1. The van der Waals surface area contributed by atoms with Gasteiger partial charge in [-0.1, -0.05) is 7.43 Å². The van der Waals surface area contributed by atoms with Gasteiger partial charge in [0.15, 0.2) is 6.29 Å². The lowest BCUT2D eigenvalue weighted by molar-refractivity contribution is -0.127. The van der Waals surface area contributed by atoms with Gasteiger partial charge >= 0.3 is 0 Å². The Kier molecular flexibility index (Phi) is 7.44. The summed E-state index contributed by atoms with van der Waals surface area (Å²) in [6.07, 6.45) is -4.63. The maximum Gasteiger partial charge on any atom is 0.151 e. The molecule has 5 nitrogen and oxygen atoms in total. The van der Waals surface area contributed by atoms with Gasteiger partial charge in [0.05, 0.1) is 6.61 Å². The van der Waals surface area contributed by atoms with E-state index in [2.05, 4.69) is 0 Å². The van der Waals surface area contributed by atoms with E-state index in [0.29, 0.717) is 0 Å². The number of hydrogen-bond acceptors (Lipinski definition) is 5. The van der Waals surface area contributed by atoms with Gasteiger partial charge in [0.2, 0.25) is 0 Å². The molecule has 0 aromatic carbocycles. The van der Waals surface area contributed by atoms with E-state index in [1.165, 1.54) is 0 Å². The number of rotatable bonds is 4. The van der Waals surface area contributed by atoms with E-state index in [-0.39, 0.29) is 13.7 Å². The molecule has 0 aromatic rings. The molecule has 0 rings (SSSR count). The van der Waals surface area contributed by atoms with Gasteiger partial charge in [-0.3, -0.25) is 0 Å². The Hall–Kier alpha value is -0.490. The van der Waals surface area contributed by atoms with Crippen LogP contribution < -0.4 is 0 Å². The topological polar surface area (TPSA) is 98.0 Å². The molecule has 0 bridgehead atoms. The molecule has 0 unspecified atom stereocenters. The largest absolute Gasteiger partial charge is 0.394 e. The molecule has 0 heterocycles. The fourth-order valence-corrected chi connectivity index (χ4v) is 0.416. The van der Waals surface area contributed by atoms with E-state index in [0.717, 1.165) is 0 Å². The molecule has 0 aromatic heterocycles. The van der Waals surface area contributed by atoms with Crippen LogP contribution in [0.2, 0.25) is 0 Å². The minimum atomic E-state index is -1.64. The van der Waals surface area contributed by atoms with Crippen molar-refractivity contribution in [2.45, 2.75) is 25.7 Å². The molecule has 11 heavy (non-hydrogen) atoms. The molecule has 0 fully saturated rings. The number of carbonyl (C=O) groups is 1. The number of aldehydes is 1. The average Bonchev–Trinajstić information content (AvgIpc) is 2.00. The first kappa shape index (κ1) is 13.1. The highest BCUT2D eigenvalue weighted by molar-refractivity contribution is 5.56. The zero-order valence-corrected chi connectivity index (χ0v) is 5.21. The van der Waals surface area contributed by atoms with E-state index in [1.54, 1.807) is 0 Å². The highest BCUT2D eigenvalue weighted by Crippen LogP contribution is 1.96. The first-order valence-corrected chi connectivity index (χ1v) is 2.73. The van der Waals surface area contributed by atoms with Gasteiger partial charge in [-0.25, -0.2) is 0 Å². The Morgan fingerprint density at radius 2 is 1.73 bits per heavy atom. The number of aliphatic hydroxyl groups is 4. The minimum Gasteiger partial charge on any atom is -0.394 e. The van der Waals surface area contributed by atoms with Crippen molar-refractivity contribution in [3.8, 4) is 0 Å². The van der Waals surface area contributed by atoms with Crippen LogP contribution in [0.15, 0.2) is 0 Å². The number of carbonyl (C=O) groups excluding carboxylic acids is 1. The van der Waals surface area contributed by atoms with Crippen LogP contribution >= 0.6 is 0 Å². The Balaban J connectivity index is 0. The van der Waals surface area contributed by atoms with Crippen LogP contribution in [-0.2, 0) is 4.79 Å². The minimum absolute atomic E-state index is 0.